The number of rotatable bonds is 1. The molecule has 15 heavy (non-hydrogen) atoms. The molecule has 0 bridgehead atoms. The van der Waals surface area contributed by atoms with Crippen LogP contribution in [0.3, 0.4) is 0 Å². The van der Waals surface area contributed by atoms with E-state index in [-0.39, 0.29) is 0 Å². The van der Waals surface area contributed by atoms with Crippen LogP contribution in [-0.4, -0.2) is 39.7 Å². The van der Waals surface area contributed by atoms with E-state index >= 15 is 0 Å². The molecule has 0 saturated carbocycles. The molecular formula is C11H10BiN3. The Balaban J connectivity index is 2.59. The van der Waals surface area contributed by atoms with Crippen LogP contribution >= 0.6 is 0 Å². The Morgan fingerprint density at radius 3 is 2.40 bits per heavy atom. The van der Waals surface area contributed by atoms with E-state index in [1.54, 1.807) is 0 Å². The zero-order valence-corrected chi connectivity index (χ0v) is 12.1. The monoisotopic (exact) mass is 393 g/mol. The van der Waals surface area contributed by atoms with Gasteiger partial charge in [-0.25, -0.2) is 0 Å². The molecule has 0 saturated heterocycles. The summed E-state index contributed by atoms with van der Waals surface area (Å²) in [6.45, 7) is 3.97. The Morgan fingerprint density at radius 2 is 1.73 bits per heavy atom. The molecule has 2 aromatic rings. The van der Waals surface area contributed by atoms with Crippen LogP contribution in [0.25, 0.3) is 11.4 Å². The molecule has 4 heteroatoms. The molecule has 3 nitrogen and oxygen atoms in total. The molecule has 1 aromatic carbocycles. The van der Waals surface area contributed by atoms with Crippen LogP contribution in [0.1, 0.15) is 11.4 Å². The van der Waals surface area contributed by atoms with Crippen molar-refractivity contribution in [2.24, 2.45) is 0 Å². The molecule has 2 radical (unpaired) electrons. The van der Waals surface area contributed by atoms with Crippen molar-refractivity contribution in [2.45, 2.75) is 13.8 Å². The summed E-state index contributed by atoms with van der Waals surface area (Å²) in [4.78, 5) is 13.0. The number of benzene rings is 1. The van der Waals surface area contributed by atoms with E-state index in [1.165, 1.54) is 5.56 Å². The van der Waals surface area contributed by atoms with Crippen molar-refractivity contribution in [3.63, 3.8) is 0 Å². The number of hydrogen-bond donors (Lipinski definition) is 0. The summed E-state index contributed by atoms with van der Waals surface area (Å²) in [5.74, 6) is 1.58. The number of hydrogen-bond acceptors (Lipinski definition) is 3. The average molecular weight is 393 g/mol. The van der Waals surface area contributed by atoms with Crippen LogP contribution in [0.15, 0.2) is 24.3 Å². The van der Waals surface area contributed by atoms with Gasteiger partial charge in [0, 0.05) is 0 Å². The maximum atomic E-state index is 4.39. The minimum atomic E-state index is 0.790. The Morgan fingerprint density at radius 1 is 1.00 bits per heavy atom. The van der Waals surface area contributed by atoms with Crippen LogP contribution in [0.4, 0.5) is 0 Å². The summed E-state index contributed by atoms with van der Waals surface area (Å²) >= 11 is 1.06. The standard InChI is InChI=1S/C11H10N3.Bi/c1-8-5-3-4-6-10(8)11-13-7-12-9(2)14-11;/h3-6H,1-2H3;. The first-order chi connectivity index (χ1) is 7.16. The first-order valence-corrected chi connectivity index (χ1v) is 6.38. The van der Waals surface area contributed by atoms with E-state index in [0.29, 0.717) is 0 Å². The Kier molecular flexibility index (Phi) is 3.06. The summed E-state index contributed by atoms with van der Waals surface area (Å²) in [5, 5.41) is 0. The third kappa shape index (κ3) is 2.37. The molecule has 0 spiro atoms. The Hall–Kier alpha value is -0.887. The second-order valence-corrected chi connectivity index (χ2v) is 4.88. The molecule has 0 atom stereocenters. The van der Waals surface area contributed by atoms with Gasteiger partial charge in [0.2, 0.25) is 0 Å². The third-order valence-corrected chi connectivity index (χ3v) is 2.90. The Bertz CT molecular complexity index is 477. The molecule has 0 aliphatic heterocycles. The minimum absolute atomic E-state index is 0.790. The van der Waals surface area contributed by atoms with Gasteiger partial charge in [0.15, 0.2) is 0 Å². The number of nitrogens with zero attached hydrogens (tertiary/aromatic N) is 3. The van der Waals surface area contributed by atoms with E-state index in [1.807, 2.05) is 25.1 Å². The van der Waals surface area contributed by atoms with E-state index in [0.717, 1.165) is 45.5 Å². The second kappa shape index (κ2) is 4.32. The molecule has 1 heterocycles. The van der Waals surface area contributed by atoms with Crippen LogP contribution < -0.4 is 3.53 Å². The number of aromatic nitrogens is 3. The molecule has 1 aromatic heterocycles. The van der Waals surface area contributed by atoms with E-state index < -0.39 is 0 Å². The summed E-state index contributed by atoms with van der Waals surface area (Å²) in [5.41, 5.74) is 2.29. The van der Waals surface area contributed by atoms with Crippen molar-refractivity contribution >= 4 is 28.3 Å². The summed E-state index contributed by atoms with van der Waals surface area (Å²) in [6, 6.07) is 8.14. The molecule has 0 N–H and O–H groups in total. The fraction of sp³-hybridized carbons (Fsp3) is 0.182. The first kappa shape index (κ1) is 10.6. The molecule has 74 valence electrons. The van der Waals surface area contributed by atoms with E-state index in [2.05, 4.69) is 27.9 Å². The van der Waals surface area contributed by atoms with Crippen molar-refractivity contribution in [1.29, 1.82) is 0 Å². The number of aryl methyl sites for hydroxylation is 2. The molecule has 0 aliphatic rings. The summed E-state index contributed by atoms with van der Waals surface area (Å²) in [6.07, 6.45) is 0. The van der Waals surface area contributed by atoms with Gasteiger partial charge in [-0.1, -0.05) is 0 Å². The van der Waals surface area contributed by atoms with Crippen LogP contribution in [0.5, 0.6) is 0 Å². The molecular weight excluding hydrogens is 383 g/mol. The third-order valence-electron chi connectivity index (χ3n) is 2.12. The SMILES string of the molecule is Cc1n[c]([Bi])nc(-c2ccccc2C)n1. The van der Waals surface area contributed by atoms with Gasteiger partial charge in [-0.15, -0.1) is 0 Å². The molecule has 0 aliphatic carbocycles. The fourth-order valence-corrected chi connectivity index (χ4v) is 2.34. The fourth-order valence-electron chi connectivity index (χ4n) is 1.41. The van der Waals surface area contributed by atoms with E-state index in [4.69, 9.17) is 0 Å². The summed E-state index contributed by atoms with van der Waals surface area (Å²) < 4.78 is 0.876. The topological polar surface area (TPSA) is 38.7 Å². The molecule has 2 rings (SSSR count). The van der Waals surface area contributed by atoms with Crippen molar-refractivity contribution in [3.8, 4) is 11.4 Å². The average Bonchev–Trinajstić information content (AvgIpc) is 2.16. The zero-order valence-electron chi connectivity index (χ0n) is 8.60. The van der Waals surface area contributed by atoms with Gasteiger partial charge < -0.3 is 0 Å². The van der Waals surface area contributed by atoms with E-state index in [9.17, 15) is 0 Å². The van der Waals surface area contributed by atoms with Gasteiger partial charge in [0.05, 0.1) is 0 Å². The van der Waals surface area contributed by atoms with Gasteiger partial charge in [-0.3, -0.25) is 0 Å². The van der Waals surface area contributed by atoms with Crippen molar-refractivity contribution in [2.75, 3.05) is 0 Å². The molecule has 0 unspecified atom stereocenters. The normalized spacial score (nSPS) is 10.3. The predicted molar refractivity (Wildman–Crippen MR) is 60.1 cm³/mol. The van der Waals surface area contributed by atoms with Gasteiger partial charge in [-0.2, -0.15) is 0 Å². The van der Waals surface area contributed by atoms with Gasteiger partial charge in [-0.05, 0) is 0 Å². The molecule has 0 fully saturated rings. The first-order valence-electron chi connectivity index (χ1n) is 4.64. The van der Waals surface area contributed by atoms with Crippen LogP contribution in [0, 0.1) is 13.8 Å². The quantitative estimate of drug-likeness (QED) is 0.678. The van der Waals surface area contributed by atoms with Crippen molar-refractivity contribution in [1.82, 2.24) is 15.0 Å². The van der Waals surface area contributed by atoms with Crippen LogP contribution in [-0.2, 0) is 0 Å². The van der Waals surface area contributed by atoms with Crippen molar-refractivity contribution < 1.29 is 0 Å². The van der Waals surface area contributed by atoms with Crippen molar-refractivity contribution in [3.05, 3.63) is 35.7 Å². The molecule has 0 amide bonds. The van der Waals surface area contributed by atoms with Gasteiger partial charge in [0.25, 0.3) is 0 Å². The maximum absolute atomic E-state index is 4.39. The zero-order chi connectivity index (χ0) is 10.8. The Labute approximate surface area is 104 Å². The second-order valence-electron chi connectivity index (χ2n) is 3.32. The van der Waals surface area contributed by atoms with Gasteiger partial charge in [0.1, 0.15) is 0 Å². The van der Waals surface area contributed by atoms with Crippen LogP contribution in [0.2, 0.25) is 0 Å². The van der Waals surface area contributed by atoms with Gasteiger partial charge >= 0.3 is 104 Å². The summed E-state index contributed by atoms with van der Waals surface area (Å²) in [7, 11) is 0. The predicted octanol–water partition coefficient (Wildman–Crippen LogP) is 0.949.